The molecule has 0 spiro atoms. The number of benzene rings is 1. The highest BCUT2D eigenvalue weighted by molar-refractivity contribution is 7.14. The molecule has 0 bridgehead atoms. The van der Waals surface area contributed by atoms with Crippen LogP contribution in [0.3, 0.4) is 0 Å². The van der Waals surface area contributed by atoms with Crippen molar-refractivity contribution in [3.63, 3.8) is 0 Å². The molecule has 23 heavy (non-hydrogen) atoms. The van der Waals surface area contributed by atoms with Gasteiger partial charge in [-0.25, -0.2) is 0 Å². The van der Waals surface area contributed by atoms with Crippen LogP contribution in [0.15, 0.2) is 24.3 Å². The molecule has 2 rings (SSSR count). The molecule has 1 aromatic heterocycles. The van der Waals surface area contributed by atoms with Crippen molar-refractivity contribution in [1.82, 2.24) is 5.32 Å². The van der Waals surface area contributed by atoms with Gasteiger partial charge in [0.2, 0.25) is 5.91 Å². The molecular formula is C16H16Cl2N2O2S. The summed E-state index contributed by atoms with van der Waals surface area (Å²) in [6, 6.07) is 6.64. The lowest BCUT2D eigenvalue weighted by Crippen LogP contribution is -2.32. The van der Waals surface area contributed by atoms with E-state index in [-0.39, 0.29) is 18.4 Å². The predicted molar refractivity (Wildman–Crippen MR) is 95.9 cm³/mol. The molecule has 0 unspecified atom stereocenters. The van der Waals surface area contributed by atoms with Crippen molar-refractivity contribution in [2.75, 3.05) is 11.9 Å². The van der Waals surface area contributed by atoms with Crippen LogP contribution in [-0.4, -0.2) is 18.4 Å². The first-order valence-electron chi connectivity index (χ1n) is 7.03. The molecular weight excluding hydrogens is 355 g/mol. The smallest absolute Gasteiger partial charge is 0.261 e. The van der Waals surface area contributed by atoms with E-state index in [1.54, 1.807) is 18.2 Å². The van der Waals surface area contributed by atoms with E-state index in [9.17, 15) is 9.59 Å². The maximum atomic E-state index is 12.1. The third-order valence-corrected chi connectivity index (χ3v) is 4.89. The van der Waals surface area contributed by atoms with Crippen molar-refractivity contribution in [1.29, 1.82) is 0 Å². The second-order valence-corrected chi connectivity index (χ2v) is 7.00. The van der Waals surface area contributed by atoms with E-state index >= 15 is 0 Å². The van der Waals surface area contributed by atoms with Gasteiger partial charge in [-0.2, -0.15) is 0 Å². The van der Waals surface area contributed by atoms with Gasteiger partial charge < -0.3 is 10.6 Å². The number of anilines is 1. The number of halogens is 2. The van der Waals surface area contributed by atoms with Gasteiger partial charge in [-0.05, 0) is 43.2 Å². The number of thiophene rings is 1. The average Bonchev–Trinajstić information content (AvgIpc) is 2.89. The number of carbonyl (C=O) groups excluding carboxylic acids is 2. The maximum Gasteiger partial charge on any atom is 0.261 e. The van der Waals surface area contributed by atoms with Crippen LogP contribution >= 0.6 is 34.5 Å². The Balaban J connectivity index is 1.93. The quantitative estimate of drug-likeness (QED) is 0.824. The highest BCUT2D eigenvalue weighted by atomic mass is 35.5. The zero-order valence-electron chi connectivity index (χ0n) is 12.7. The Hall–Kier alpha value is -1.56. The van der Waals surface area contributed by atoms with E-state index in [0.29, 0.717) is 20.6 Å². The average molecular weight is 371 g/mol. The van der Waals surface area contributed by atoms with Crippen molar-refractivity contribution in [2.24, 2.45) is 0 Å². The summed E-state index contributed by atoms with van der Waals surface area (Å²) in [5.41, 5.74) is 1.56. The second-order valence-electron chi connectivity index (χ2n) is 4.90. The van der Waals surface area contributed by atoms with Crippen molar-refractivity contribution in [3.05, 3.63) is 49.6 Å². The van der Waals surface area contributed by atoms with Gasteiger partial charge in [0.1, 0.15) is 0 Å². The fourth-order valence-corrected chi connectivity index (χ4v) is 3.39. The van der Waals surface area contributed by atoms with Gasteiger partial charge in [-0.3, -0.25) is 9.59 Å². The Morgan fingerprint density at radius 3 is 2.61 bits per heavy atom. The van der Waals surface area contributed by atoms with E-state index in [1.165, 1.54) is 11.3 Å². The molecule has 1 aromatic carbocycles. The molecule has 2 aromatic rings. The fourth-order valence-electron chi connectivity index (χ4n) is 2.02. The fraction of sp³-hybridized carbons (Fsp3) is 0.250. The number of hydrogen-bond acceptors (Lipinski definition) is 3. The van der Waals surface area contributed by atoms with E-state index in [4.69, 9.17) is 23.2 Å². The lowest BCUT2D eigenvalue weighted by atomic mass is 10.2. The van der Waals surface area contributed by atoms with Gasteiger partial charge >= 0.3 is 0 Å². The number of nitrogens with one attached hydrogen (secondary N) is 2. The molecule has 2 amide bonds. The van der Waals surface area contributed by atoms with Crippen LogP contribution in [0.4, 0.5) is 5.69 Å². The largest absolute Gasteiger partial charge is 0.342 e. The number of hydrogen-bond donors (Lipinski definition) is 2. The van der Waals surface area contributed by atoms with Gasteiger partial charge in [0.25, 0.3) is 5.91 Å². The standard InChI is InChI=1S/C16H16Cl2N2O2S/c1-3-10-6-14(23-9(10)2)16(22)19-8-15(21)20-13-7-11(17)4-5-12(13)18/h4-7H,3,8H2,1-2H3,(H,19,22)(H,20,21). The van der Waals surface area contributed by atoms with Crippen LogP contribution < -0.4 is 10.6 Å². The summed E-state index contributed by atoms with van der Waals surface area (Å²) in [5, 5.41) is 6.07. The third kappa shape index (κ3) is 4.70. The number of aryl methyl sites for hydroxylation is 2. The van der Waals surface area contributed by atoms with Crippen LogP contribution in [-0.2, 0) is 11.2 Å². The molecule has 1 heterocycles. The van der Waals surface area contributed by atoms with Crippen molar-refractivity contribution in [2.45, 2.75) is 20.3 Å². The molecule has 0 aliphatic heterocycles. The SMILES string of the molecule is CCc1cc(C(=O)NCC(=O)Nc2cc(Cl)ccc2Cl)sc1C. The summed E-state index contributed by atoms with van der Waals surface area (Å²) in [7, 11) is 0. The Morgan fingerprint density at radius 1 is 1.22 bits per heavy atom. The molecule has 0 saturated carbocycles. The Labute approximate surface area is 148 Å². The maximum absolute atomic E-state index is 12.1. The summed E-state index contributed by atoms with van der Waals surface area (Å²) in [6.07, 6.45) is 0.878. The minimum Gasteiger partial charge on any atom is -0.342 e. The molecule has 122 valence electrons. The van der Waals surface area contributed by atoms with E-state index in [1.807, 2.05) is 19.9 Å². The monoisotopic (exact) mass is 370 g/mol. The van der Waals surface area contributed by atoms with Gasteiger partial charge in [0.05, 0.1) is 22.1 Å². The lowest BCUT2D eigenvalue weighted by molar-refractivity contribution is -0.115. The molecule has 0 radical (unpaired) electrons. The van der Waals surface area contributed by atoms with E-state index in [0.717, 1.165) is 16.9 Å². The minimum absolute atomic E-state index is 0.139. The zero-order valence-corrected chi connectivity index (χ0v) is 15.0. The van der Waals surface area contributed by atoms with Crippen LogP contribution in [0.1, 0.15) is 27.0 Å². The highest BCUT2D eigenvalue weighted by Crippen LogP contribution is 2.25. The minimum atomic E-state index is -0.369. The first-order chi connectivity index (χ1) is 10.9. The van der Waals surface area contributed by atoms with Gasteiger partial charge in [0, 0.05) is 9.90 Å². The first-order valence-corrected chi connectivity index (χ1v) is 8.60. The summed E-state index contributed by atoms with van der Waals surface area (Å²) in [5.74, 6) is -0.628. The summed E-state index contributed by atoms with van der Waals surface area (Å²) < 4.78 is 0. The lowest BCUT2D eigenvalue weighted by Gasteiger charge is -2.08. The van der Waals surface area contributed by atoms with Crippen LogP contribution in [0.2, 0.25) is 10.0 Å². The van der Waals surface area contributed by atoms with Gasteiger partial charge in [-0.15, -0.1) is 11.3 Å². The number of rotatable bonds is 5. The molecule has 0 atom stereocenters. The van der Waals surface area contributed by atoms with Crippen molar-refractivity contribution >= 4 is 52.0 Å². The molecule has 2 N–H and O–H groups in total. The van der Waals surface area contributed by atoms with Crippen molar-refractivity contribution in [3.8, 4) is 0 Å². The molecule has 4 nitrogen and oxygen atoms in total. The van der Waals surface area contributed by atoms with Crippen LogP contribution in [0, 0.1) is 6.92 Å². The van der Waals surface area contributed by atoms with Crippen LogP contribution in [0.5, 0.6) is 0 Å². The molecule has 0 aliphatic carbocycles. The third-order valence-electron chi connectivity index (χ3n) is 3.24. The normalized spacial score (nSPS) is 10.4. The Kier molecular flexibility index (Phi) is 6.04. The van der Waals surface area contributed by atoms with Gasteiger partial charge in [-0.1, -0.05) is 30.1 Å². The Morgan fingerprint density at radius 2 is 1.96 bits per heavy atom. The molecule has 7 heteroatoms. The first kappa shape index (κ1) is 17.8. The van der Waals surface area contributed by atoms with Gasteiger partial charge in [0.15, 0.2) is 0 Å². The number of carbonyl (C=O) groups is 2. The summed E-state index contributed by atoms with van der Waals surface area (Å²) in [4.78, 5) is 25.7. The van der Waals surface area contributed by atoms with E-state index < -0.39 is 0 Å². The van der Waals surface area contributed by atoms with Crippen molar-refractivity contribution < 1.29 is 9.59 Å². The zero-order chi connectivity index (χ0) is 17.0. The summed E-state index contributed by atoms with van der Waals surface area (Å²) in [6.45, 7) is 3.88. The van der Waals surface area contributed by atoms with E-state index in [2.05, 4.69) is 10.6 Å². The number of amides is 2. The molecule has 0 saturated heterocycles. The topological polar surface area (TPSA) is 58.2 Å². The summed E-state index contributed by atoms with van der Waals surface area (Å²) >= 11 is 13.3. The Bertz CT molecular complexity index is 744. The predicted octanol–water partition coefficient (Wildman–Crippen LogP) is 4.29. The highest BCUT2D eigenvalue weighted by Gasteiger charge is 2.13. The second kappa shape index (κ2) is 7.81. The molecule has 0 fully saturated rings. The molecule has 0 aliphatic rings. The van der Waals surface area contributed by atoms with Crippen LogP contribution in [0.25, 0.3) is 0 Å².